The third-order valence-electron chi connectivity index (χ3n) is 4.37. The molecule has 1 aromatic carbocycles. The van der Waals surface area contributed by atoms with Crippen LogP contribution in [-0.4, -0.2) is 0 Å². The van der Waals surface area contributed by atoms with E-state index in [1.54, 1.807) is 0 Å². The summed E-state index contributed by atoms with van der Waals surface area (Å²) in [5, 5.41) is 0. The van der Waals surface area contributed by atoms with Crippen molar-refractivity contribution in [1.82, 2.24) is 5.43 Å². The zero-order chi connectivity index (χ0) is 15.6. The summed E-state index contributed by atoms with van der Waals surface area (Å²) in [6.45, 7) is 2.14. The minimum Gasteiger partial charge on any atom is -0.271 e. The summed E-state index contributed by atoms with van der Waals surface area (Å²) in [7, 11) is 0. The Bertz CT molecular complexity index is 479. The number of hydrogen-bond donors (Lipinski definition) is 2. The minimum absolute atomic E-state index is 0.00637. The summed E-state index contributed by atoms with van der Waals surface area (Å²) in [6, 6.07) is 1.92. The lowest BCUT2D eigenvalue weighted by Gasteiger charge is -2.33. The third-order valence-corrected chi connectivity index (χ3v) is 4.37. The van der Waals surface area contributed by atoms with Gasteiger partial charge in [-0.3, -0.25) is 11.3 Å². The first-order chi connectivity index (χ1) is 9.82. The molecule has 3 N–H and O–H groups in total. The normalized spacial score (nSPS) is 24.9. The van der Waals surface area contributed by atoms with E-state index in [4.69, 9.17) is 5.84 Å². The van der Waals surface area contributed by atoms with Gasteiger partial charge in [0.25, 0.3) is 0 Å². The van der Waals surface area contributed by atoms with Crippen molar-refractivity contribution in [3.05, 3.63) is 35.1 Å². The van der Waals surface area contributed by atoms with E-state index in [9.17, 15) is 17.6 Å². The standard InChI is InChI=1S/C15H20F4N2/c1-9-2-4-10(5-3-9)14(21-20)12-8-11(15(17,18)19)6-7-13(12)16/h6-10,14,21H,2-5,20H2,1H3. The lowest BCUT2D eigenvalue weighted by atomic mass is 9.77. The van der Waals surface area contributed by atoms with Crippen molar-refractivity contribution in [3.63, 3.8) is 0 Å². The zero-order valence-electron chi connectivity index (χ0n) is 11.9. The molecule has 1 saturated carbocycles. The van der Waals surface area contributed by atoms with Crippen LogP contribution in [0, 0.1) is 17.7 Å². The molecule has 21 heavy (non-hydrogen) atoms. The van der Waals surface area contributed by atoms with Crippen LogP contribution in [0.1, 0.15) is 49.8 Å². The summed E-state index contributed by atoms with van der Waals surface area (Å²) >= 11 is 0. The van der Waals surface area contributed by atoms with E-state index >= 15 is 0 Å². The first-order valence-electron chi connectivity index (χ1n) is 7.15. The Labute approximate surface area is 121 Å². The molecule has 1 aliphatic carbocycles. The minimum atomic E-state index is -4.48. The van der Waals surface area contributed by atoms with Crippen LogP contribution in [-0.2, 0) is 6.18 Å². The summed E-state index contributed by atoms with van der Waals surface area (Å²) in [5.74, 6) is 5.51. The molecule has 1 aliphatic rings. The monoisotopic (exact) mass is 304 g/mol. The topological polar surface area (TPSA) is 38.0 Å². The number of hydrazine groups is 1. The first-order valence-corrected chi connectivity index (χ1v) is 7.15. The van der Waals surface area contributed by atoms with Gasteiger partial charge in [-0.1, -0.05) is 19.8 Å². The van der Waals surface area contributed by atoms with Crippen LogP contribution < -0.4 is 11.3 Å². The molecule has 2 nitrogen and oxygen atoms in total. The summed E-state index contributed by atoms with van der Waals surface area (Å²) in [5.41, 5.74) is 1.68. The molecule has 0 aliphatic heterocycles. The van der Waals surface area contributed by atoms with Crippen molar-refractivity contribution in [2.75, 3.05) is 0 Å². The average molecular weight is 304 g/mol. The van der Waals surface area contributed by atoms with Gasteiger partial charge in [0.1, 0.15) is 5.82 Å². The van der Waals surface area contributed by atoms with Crippen LogP contribution >= 0.6 is 0 Å². The Kier molecular flexibility index (Phi) is 4.88. The number of alkyl halides is 3. The molecule has 0 bridgehead atoms. The number of hydrogen-bond acceptors (Lipinski definition) is 2. The second-order valence-electron chi connectivity index (χ2n) is 5.90. The van der Waals surface area contributed by atoms with Gasteiger partial charge in [0.15, 0.2) is 0 Å². The van der Waals surface area contributed by atoms with E-state index in [0.717, 1.165) is 43.9 Å². The van der Waals surface area contributed by atoms with Gasteiger partial charge in [0, 0.05) is 5.56 Å². The van der Waals surface area contributed by atoms with Gasteiger partial charge in [-0.05, 0) is 42.9 Å². The van der Waals surface area contributed by atoms with Crippen LogP contribution in [0.5, 0.6) is 0 Å². The summed E-state index contributed by atoms with van der Waals surface area (Å²) in [6.07, 6.45) is -0.826. The lowest BCUT2D eigenvalue weighted by molar-refractivity contribution is -0.137. The highest BCUT2D eigenvalue weighted by Gasteiger charge is 2.34. The van der Waals surface area contributed by atoms with E-state index < -0.39 is 23.6 Å². The third kappa shape index (κ3) is 3.74. The number of rotatable bonds is 3. The van der Waals surface area contributed by atoms with Crippen molar-refractivity contribution in [1.29, 1.82) is 0 Å². The molecule has 0 amide bonds. The number of nitrogens with two attached hydrogens (primary N) is 1. The Morgan fingerprint density at radius 3 is 2.33 bits per heavy atom. The summed E-state index contributed by atoms with van der Waals surface area (Å²) in [4.78, 5) is 0. The van der Waals surface area contributed by atoms with Crippen molar-refractivity contribution in [3.8, 4) is 0 Å². The maximum absolute atomic E-state index is 14.0. The van der Waals surface area contributed by atoms with Gasteiger partial charge in [0.2, 0.25) is 0 Å². The van der Waals surface area contributed by atoms with Crippen LogP contribution in [0.2, 0.25) is 0 Å². The van der Waals surface area contributed by atoms with E-state index in [0.29, 0.717) is 5.92 Å². The second kappa shape index (κ2) is 6.32. The van der Waals surface area contributed by atoms with Gasteiger partial charge in [-0.15, -0.1) is 0 Å². The van der Waals surface area contributed by atoms with Crippen molar-refractivity contribution in [2.24, 2.45) is 17.7 Å². The molecule has 1 fully saturated rings. The molecule has 118 valence electrons. The van der Waals surface area contributed by atoms with Crippen molar-refractivity contribution < 1.29 is 17.6 Å². The number of halogens is 4. The first kappa shape index (κ1) is 16.2. The predicted molar refractivity (Wildman–Crippen MR) is 72.6 cm³/mol. The predicted octanol–water partition coefficient (Wildman–Crippen LogP) is 4.18. The molecule has 0 aromatic heterocycles. The SMILES string of the molecule is CC1CCC(C(NN)c2cc(C(F)(F)F)ccc2F)CC1. The highest BCUT2D eigenvalue weighted by molar-refractivity contribution is 5.30. The molecular formula is C15H20F4N2. The smallest absolute Gasteiger partial charge is 0.271 e. The molecule has 2 rings (SSSR count). The second-order valence-corrected chi connectivity index (χ2v) is 5.90. The Balaban J connectivity index is 2.29. The molecule has 0 heterocycles. The fraction of sp³-hybridized carbons (Fsp3) is 0.600. The number of nitrogens with one attached hydrogen (secondary N) is 1. The Hall–Kier alpha value is -1.14. The van der Waals surface area contributed by atoms with E-state index in [2.05, 4.69) is 12.3 Å². The largest absolute Gasteiger partial charge is 0.416 e. The van der Waals surface area contributed by atoms with Gasteiger partial charge < -0.3 is 0 Å². The zero-order valence-corrected chi connectivity index (χ0v) is 11.9. The maximum Gasteiger partial charge on any atom is 0.416 e. The summed E-state index contributed by atoms with van der Waals surface area (Å²) < 4.78 is 52.3. The molecule has 1 aromatic rings. The van der Waals surface area contributed by atoms with E-state index in [1.165, 1.54) is 0 Å². The van der Waals surface area contributed by atoms with Gasteiger partial charge in [0.05, 0.1) is 11.6 Å². The van der Waals surface area contributed by atoms with Gasteiger partial charge in [-0.25, -0.2) is 4.39 Å². The highest BCUT2D eigenvalue weighted by Crippen LogP contribution is 2.39. The maximum atomic E-state index is 14.0. The Morgan fingerprint density at radius 2 is 1.81 bits per heavy atom. The molecule has 0 spiro atoms. The van der Waals surface area contributed by atoms with Gasteiger partial charge in [-0.2, -0.15) is 13.2 Å². The van der Waals surface area contributed by atoms with Crippen LogP contribution in [0.3, 0.4) is 0 Å². The van der Waals surface area contributed by atoms with E-state index in [-0.39, 0.29) is 11.5 Å². The van der Waals surface area contributed by atoms with Crippen molar-refractivity contribution in [2.45, 2.75) is 44.8 Å². The highest BCUT2D eigenvalue weighted by atomic mass is 19.4. The molecule has 0 radical (unpaired) electrons. The fourth-order valence-corrected chi connectivity index (χ4v) is 3.06. The van der Waals surface area contributed by atoms with Crippen LogP contribution in [0.15, 0.2) is 18.2 Å². The quantitative estimate of drug-likeness (QED) is 0.499. The molecule has 1 unspecified atom stereocenters. The molecule has 0 saturated heterocycles. The van der Waals surface area contributed by atoms with Crippen LogP contribution in [0.25, 0.3) is 0 Å². The Morgan fingerprint density at radius 1 is 1.19 bits per heavy atom. The van der Waals surface area contributed by atoms with Crippen molar-refractivity contribution >= 4 is 0 Å². The van der Waals surface area contributed by atoms with Gasteiger partial charge >= 0.3 is 6.18 Å². The molecule has 1 atom stereocenters. The van der Waals surface area contributed by atoms with E-state index in [1.807, 2.05) is 0 Å². The fourth-order valence-electron chi connectivity index (χ4n) is 3.06. The molecular weight excluding hydrogens is 284 g/mol. The average Bonchev–Trinajstić information content (AvgIpc) is 2.42. The molecule has 6 heteroatoms. The van der Waals surface area contributed by atoms with Crippen LogP contribution in [0.4, 0.5) is 17.6 Å². The number of benzene rings is 1. The lowest BCUT2D eigenvalue weighted by Crippen LogP contribution is -2.36.